The van der Waals surface area contributed by atoms with Gasteiger partial charge in [0.2, 0.25) is 4.96 Å². The van der Waals surface area contributed by atoms with Gasteiger partial charge in [0.1, 0.15) is 5.01 Å². The summed E-state index contributed by atoms with van der Waals surface area (Å²) in [6, 6.07) is 18.9. The molecular weight excluding hydrogens is 316 g/mol. The average molecular weight is 334 g/mol. The predicted molar refractivity (Wildman–Crippen MR) is 97.4 cm³/mol. The summed E-state index contributed by atoms with van der Waals surface area (Å²) in [5.41, 5.74) is 3.68. The second-order valence-corrected chi connectivity index (χ2v) is 7.11. The molecule has 0 bridgehead atoms. The maximum atomic E-state index is 4.72. The van der Waals surface area contributed by atoms with Gasteiger partial charge in [-0.15, -0.1) is 10.2 Å². The minimum Gasteiger partial charge on any atom is -0.187 e. The van der Waals surface area contributed by atoms with Crippen molar-refractivity contribution in [2.75, 3.05) is 0 Å². The van der Waals surface area contributed by atoms with Crippen LogP contribution in [0.2, 0.25) is 0 Å². The van der Waals surface area contributed by atoms with Gasteiger partial charge in [0, 0.05) is 12.0 Å². The summed E-state index contributed by atoms with van der Waals surface area (Å²) in [4.78, 5) is 0.837. The van der Waals surface area contributed by atoms with Crippen molar-refractivity contribution in [1.82, 2.24) is 19.8 Å². The minimum atomic E-state index is 0.536. The predicted octanol–water partition coefficient (Wildman–Crippen LogP) is 4.57. The molecule has 0 saturated heterocycles. The molecule has 0 spiro atoms. The highest BCUT2D eigenvalue weighted by Gasteiger charge is 2.13. The second-order valence-electron chi connectivity index (χ2n) is 6.16. The van der Waals surface area contributed by atoms with E-state index in [2.05, 4.69) is 60.4 Å². The summed E-state index contributed by atoms with van der Waals surface area (Å²) in [6.45, 7) is 4.40. The molecule has 0 unspecified atom stereocenters. The Morgan fingerprint density at radius 1 is 0.958 bits per heavy atom. The van der Waals surface area contributed by atoms with Gasteiger partial charge in [-0.25, -0.2) is 0 Å². The summed E-state index contributed by atoms with van der Waals surface area (Å²) in [7, 11) is 0. The zero-order valence-corrected chi connectivity index (χ0v) is 14.5. The number of hydrogen-bond acceptors (Lipinski definition) is 4. The molecule has 0 aliphatic carbocycles. The minimum absolute atomic E-state index is 0.536. The van der Waals surface area contributed by atoms with E-state index in [-0.39, 0.29) is 0 Å². The van der Waals surface area contributed by atoms with Crippen LogP contribution in [0.5, 0.6) is 0 Å². The molecule has 2 heterocycles. The van der Waals surface area contributed by atoms with Crippen molar-refractivity contribution in [1.29, 1.82) is 0 Å². The Bertz CT molecular complexity index is 952. The van der Waals surface area contributed by atoms with Crippen LogP contribution in [-0.2, 0) is 6.42 Å². The van der Waals surface area contributed by atoms with E-state index >= 15 is 0 Å². The van der Waals surface area contributed by atoms with Gasteiger partial charge in [0.25, 0.3) is 0 Å². The quantitative estimate of drug-likeness (QED) is 0.549. The van der Waals surface area contributed by atoms with Crippen LogP contribution in [0, 0.1) is 0 Å². The Labute approximate surface area is 144 Å². The van der Waals surface area contributed by atoms with Crippen LogP contribution in [0.3, 0.4) is 0 Å². The maximum Gasteiger partial charge on any atom is 0.234 e. The first-order valence-electron chi connectivity index (χ1n) is 8.06. The Morgan fingerprint density at radius 2 is 1.71 bits per heavy atom. The van der Waals surface area contributed by atoms with Crippen LogP contribution < -0.4 is 0 Å². The van der Waals surface area contributed by atoms with Gasteiger partial charge in [0.05, 0.1) is 0 Å². The van der Waals surface area contributed by atoms with Crippen LogP contribution in [0.1, 0.15) is 36.7 Å². The maximum absolute atomic E-state index is 4.72. The van der Waals surface area contributed by atoms with Crippen molar-refractivity contribution in [2.45, 2.75) is 26.2 Å². The zero-order valence-electron chi connectivity index (χ0n) is 13.7. The van der Waals surface area contributed by atoms with Crippen molar-refractivity contribution in [3.05, 3.63) is 71.5 Å². The number of hydrogen-bond donors (Lipinski definition) is 0. The van der Waals surface area contributed by atoms with Crippen LogP contribution in [0.25, 0.3) is 15.5 Å². The lowest BCUT2D eigenvalue weighted by Crippen LogP contribution is -1.97. The third-order valence-electron chi connectivity index (χ3n) is 4.08. The zero-order chi connectivity index (χ0) is 16.5. The molecule has 0 fully saturated rings. The SMILES string of the molecule is CC(C)c1ccc(-c2nn3c(Cc4ccccc4)nnc3s2)cc1. The molecular formula is C19H18N4S. The molecule has 24 heavy (non-hydrogen) atoms. The monoisotopic (exact) mass is 334 g/mol. The van der Waals surface area contributed by atoms with Gasteiger partial charge < -0.3 is 0 Å². The molecule has 0 radical (unpaired) electrons. The van der Waals surface area contributed by atoms with Gasteiger partial charge in [-0.3, -0.25) is 0 Å². The Hall–Kier alpha value is -2.53. The number of nitrogens with zero attached hydrogens (tertiary/aromatic N) is 4. The number of aromatic nitrogens is 4. The molecule has 5 heteroatoms. The fourth-order valence-corrected chi connectivity index (χ4v) is 3.54. The third kappa shape index (κ3) is 2.83. The van der Waals surface area contributed by atoms with E-state index in [0.29, 0.717) is 5.92 Å². The lowest BCUT2D eigenvalue weighted by atomic mass is 10.0. The summed E-state index contributed by atoms with van der Waals surface area (Å²) >= 11 is 1.57. The van der Waals surface area contributed by atoms with Crippen molar-refractivity contribution in [3.8, 4) is 10.6 Å². The fourth-order valence-electron chi connectivity index (χ4n) is 2.67. The molecule has 2 aromatic carbocycles. The molecule has 0 aliphatic rings. The van der Waals surface area contributed by atoms with Crippen LogP contribution >= 0.6 is 11.3 Å². The van der Waals surface area contributed by atoms with Gasteiger partial charge >= 0.3 is 0 Å². The molecule has 0 saturated carbocycles. The highest BCUT2D eigenvalue weighted by molar-refractivity contribution is 7.19. The van der Waals surface area contributed by atoms with Crippen LogP contribution in [0.4, 0.5) is 0 Å². The highest BCUT2D eigenvalue weighted by atomic mass is 32.1. The van der Waals surface area contributed by atoms with Crippen molar-refractivity contribution < 1.29 is 0 Å². The lowest BCUT2D eigenvalue weighted by molar-refractivity contribution is 0.853. The normalized spacial score (nSPS) is 11.5. The summed E-state index contributed by atoms with van der Waals surface area (Å²) in [5.74, 6) is 1.41. The topological polar surface area (TPSA) is 43.1 Å². The Balaban J connectivity index is 1.66. The van der Waals surface area contributed by atoms with Gasteiger partial charge in [0.15, 0.2) is 5.82 Å². The van der Waals surface area contributed by atoms with E-state index in [9.17, 15) is 0 Å². The van der Waals surface area contributed by atoms with E-state index < -0.39 is 0 Å². The first-order chi connectivity index (χ1) is 11.7. The molecule has 4 rings (SSSR count). The summed E-state index contributed by atoms with van der Waals surface area (Å²) < 4.78 is 1.86. The molecule has 2 aromatic heterocycles. The van der Waals surface area contributed by atoms with Gasteiger partial charge in [-0.2, -0.15) is 9.61 Å². The first-order valence-corrected chi connectivity index (χ1v) is 8.88. The fraction of sp³-hybridized carbons (Fsp3) is 0.211. The van der Waals surface area contributed by atoms with E-state index in [0.717, 1.165) is 27.8 Å². The standard InChI is InChI=1S/C19H18N4S/c1-13(2)15-8-10-16(11-9-15)18-22-23-17(20-21-19(23)24-18)12-14-6-4-3-5-7-14/h3-11,13H,12H2,1-2H3. The van der Waals surface area contributed by atoms with Gasteiger partial charge in [-0.1, -0.05) is 79.8 Å². The molecule has 4 aromatic rings. The smallest absolute Gasteiger partial charge is 0.187 e. The molecule has 120 valence electrons. The van der Waals surface area contributed by atoms with Crippen molar-refractivity contribution in [2.24, 2.45) is 0 Å². The molecule has 0 amide bonds. The summed E-state index contributed by atoms with van der Waals surface area (Å²) in [6.07, 6.45) is 0.734. The number of fused-ring (bicyclic) bond motifs is 1. The van der Waals surface area contributed by atoms with E-state index in [1.807, 2.05) is 22.7 Å². The van der Waals surface area contributed by atoms with Crippen molar-refractivity contribution >= 4 is 16.3 Å². The molecule has 0 aliphatic heterocycles. The Kier molecular flexibility index (Phi) is 3.86. The van der Waals surface area contributed by atoms with Gasteiger partial charge in [-0.05, 0) is 17.0 Å². The highest BCUT2D eigenvalue weighted by Crippen LogP contribution is 2.27. The lowest BCUT2D eigenvalue weighted by Gasteiger charge is -2.05. The van der Waals surface area contributed by atoms with E-state index in [1.54, 1.807) is 11.3 Å². The molecule has 0 N–H and O–H groups in total. The van der Waals surface area contributed by atoms with Crippen molar-refractivity contribution in [3.63, 3.8) is 0 Å². The van der Waals surface area contributed by atoms with E-state index in [4.69, 9.17) is 5.10 Å². The second kappa shape index (κ2) is 6.17. The number of rotatable bonds is 4. The average Bonchev–Trinajstić information content (AvgIpc) is 3.18. The summed E-state index contributed by atoms with van der Waals surface area (Å²) in [5, 5.41) is 14.3. The van der Waals surface area contributed by atoms with E-state index in [1.165, 1.54) is 11.1 Å². The third-order valence-corrected chi connectivity index (χ3v) is 5.03. The van der Waals surface area contributed by atoms with Crippen LogP contribution in [0.15, 0.2) is 54.6 Å². The first kappa shape index (κ1) is 15.0. The molecule has 0 atom stereocenters. The number of benzene rings is 2. The Morgan fingerprint density at radius 3 is 2.42 bits per heavy atom. The van der Waals surface area contributed by atoms with Crippen LogP contribution in [-0.4, -0.2) is 19.8 Å². The largest absolute Gasteiger partial charge is 0.234 e. The molecule has 4 nitrogen and oxygen atoms in total.